The van der Waals surface area contributed by atoms with Gasteiger partial charge in [0.25, 0.3) is 0 Å². The summed E-state index contributed by atoms with van der Waals surface area (Å²) in [5.41, 5.74) is 0.499. The van der Waals surface area contributed by atoms with E-state index in [1.165, 1.54) is 6.07 Å². The first-order valence-electron chi connectivity index (χ1n) is 4.99. The van der Waals surface area contributed by atoms with Gasteiger partial charge in [-0.25, -0.2) is 4.39 Å². The molecule has 1 N–H and O–H groups in total. The molecule has 1 atom stereocenters. The predicted octanol–water partition coefficient (Wildman–Crippen LogP) is 4.14. The molecule has 0 fully saturated rings. The number of hydrogen-bond acceptors (Lipinski definition) is 2. The quantitative estimate of drug-likeness (QED) is 0.920. The minimum atomic E-state index is -0.357. The summed E-state index contributed by atoms with van der Waals surface area (Å²) in [6.45, 7) is 0. The minimum Gasteiger partial charge on any atom is -0.452 e. The Balaban J connectivity index is 2.42. The molecule has 0 saturated heterocycles. The van der Waals surface area contributed by atoms with Crippen LogP contribution in [-0.2, 0) is 0 Å². The average molecular weight is 319 g/mol. The van der Waals surface area contributed by atoms with Crippen molar-refractivity contribution in [3.05, 3.63) is 57.2 Å². The third-order valence-electron chi connectivity index (χ3n) is 2.44. The topological polar surface area (TPSA) is 25.2 Å². The molecule has 2 aromatic rings. The van der Waals surface area contributed by atoms with Gasteiger partial charge >= 0.3 is 0 Å². The molecule has 0 aliphatic carbocycles. The maximum atomic E-state index is 13.8. The second-order valence-corrected chi connectivity index (χ2v) is 4.75. The molecular weight excluding hydrogens is 308 g/mol. The molecule has 0 amide bonds. The summed E-state index contributed by atoms with van der Waals surface area (Å²) >= 11 is 8.95. The maximum Gasteiger partial charge on any atom is 0.169 e. The SMILES string of the molecule is CNC(c1ccc(Br)o1)c1ccc(Cl)cc1F. The van der Waals surface area contributed by atoms with E-state index in [-0.39, 0.29) is 11.9 Å². The van der Waals surface area contributed by atoms with E-state index < -0.39 is 0 Å². The Morgan fingerprint density at radius 3 is 2.65 bits per heavy atom. The van der Waals surface area contributed by atoms with Crippen molar-refractivity contribution >= 4 is 27.5 Å². The zero-order chi connectivity index (χ0) is 12.4. The molecule has 0 saturated carbocycles. The molecule has 0 bridgehead atoms. The van der Waals surface area contributed by atoms with E-state index in [2.05, 4.69) is 21.2 Å². The summed E-state index contributed by atoms with van der Waals surface area (Å²) < 4.78 is 19.8. The lowest BCUT2D eigenvalue weighted by atomic mass is 10.0. The summed E-state index contributed by atoms with van der Waals surface area (Å²) in [7, 11) is 1.75. The Kier molecular flexibility index (Phi) is 3.86. The van der Waals surface area contributed by atoms with Crippen molar-refractivity contribution in [2.45, 2.75) is 6.04 Å². The van der Waals surface area contributed by atoms with E-state index in [1.807, 2.05) is 0 Å². The summed E-state index contributed by atoms with van der Waals surface area (Å²) in [4.78, 5) is 0. The van der Waals surface area contributed by atoms with Crippen molar-refractivity contribution in [3.8, 4) is 0 Å². The van der Waals surface area contributed by atoms with E-state index in [0.29, 0.717) is 21.0 Å². The molecule has 0 aliphatic heterocycles. The van der Waals surface area contributed by atoms with E-state index in [0.717, 1.165) is 0 Å². The van der Waals surface area contributed by atoms with Crippen molar-refractivity contribution in [3.63, 3.8) is 0 Å². The van der Waals surface area contributed by atoms with Gasteiger partial charge in [-0.3, -0.25) is 0 Å². The van der Waals surface area contributed by atoms with Gasteiger partial charge in [0, 0.05) is 10.6 Å². The van der Waals surface area contributed by atoms with Gasteiger partial charge in [0.15, 0.2) is 4.67 Å². The minimum absolute atomic E-state index is 0.335. The van der Waals surface area contributed by atoms with Crippen LogP contribution in [0.25, 0.3) is 0 Å². The number of nitrogens with one attached hydrogen (secondary N) is 1. The smallest absolute Gasteiger partial charge is 0.169 e. The maximum absolute atomic E-state index is 13.8. The average Bonchev–Trinajstić information content (AvgIpc) is 2.69. The first-order chi connectivity index (χ1) is 8.11. The van der Waals surface area contributed by atoms with Crippen molar-refractivity contribution < 1.29 is 8.81 Å². The Bertz CT molecular complexity index is 529. The molecule has 2 rings (SSSR count). The van der Waals surface area contributed by atoms with Gasteiger partial charge in [-0.15, -0.1) is 0 Å². The van der Waals surface area contributed by atoms with E-state index >= 15 is 0 Å². The first-order valence-corrected chi connectivity index (χ1v) is 6.16. The highest BCUT2D eigenvalue weighted by Crippen LogP contribution is 2.28. The van der Waals surface area contributed by atoms with Crippen LogP contribution in [0.5, 0.6) is 0 Å². The lowest BCUT2D eigenvalue weighted by Crippen LogP contribution is -2.18. The Labute approximate surface area is 112 Å². The molecule has 1 aromatic heterocycles. The van der Waals surface area contributed by atoms with Crippen molar-refractivity contribution in [2.24, 2.45) is 0 Å². The zero-order valence-electron chi connectivity index (χ0n) is 9.01. The van der Waals surface area contributed by atoms with Crippen molar-refractivity contribution in [1.82, 2.24) is 5.32 Å². The normalized spacial score (nSPS) is 12.7. The summed E-state index contributed by atoms with van der Waals surface area (Å²) in [6, 6.07) is 7.82. The fraction of sp³-hybridized carbons (Fsp3) is 0.167. The highest BCUT2D eigenvalue weighted by atomic mass is 79.9. The monoisotopic (exact) mass is 317 g/mol. The standard InChI is InChI=1S/C12H10BrClFNO/c1-16-12(10-4-5-11(13)17-10)8-3-2-7(14)6-9(8)15/h2-6,12,16H,1H3. The molecule has 1 unspecified atom stereocenters. The molecule has 0 aliphatic rings. The van der Waals surface area contributed by atoms with Gasteiger partial charge < -0.3 is 9.73 Å². The van der Waals surface area contributed by atoms with Crippen LogP contribution >= 0.6 is 27.5 Å². The van der Waals surface area contributed by atoms with Crippen LogP contribution in [0.1, 0.15) is 17.4 Å². The number of benzene rings is 1. The van der Waals surface area contributed by atoms with Crippen LogP contribution in [0.4, 0.5) is 4.39 Å². The van der Waals surface area contributed by atoms with Crippen molar-refractivity contribution in [1.29, 1.82) is 0 Å². The molecule has 0 radical (unpaired) electrons. The summed E-state index contributed by atoms with van der Waals surface area (Å²) in [6.07, 6.45) is 0. The number of rotatable bonds is 3. The first kappa shape index (κ1) is 12.6. The number of halogens is 3. The lowest BCUT2D eigenvalue weighted by molar-refractivity contribution is 0.438. The van der Waals surface area contributed by atoms with E-state index in [1.54, 1.807) is 31.3 Å². The van der Waals surface area contributed by atoms with Crippen LogP contribution < -0.4 is 5.32 Å². The van der Waals surface area contributed by atoms with Crippen LogP contribution in [-0.4, -0.2) is 7.05 Å². The molecule has 90 valence electrons. The summed E-state index contributed by atoms with van der Waals surface area (Å²) in [5.74, 6) is 0.282. The van der Waals surface area contributed by atoms with E-state index in [4.69, 9.17) is 16.0 Å². The molecule has 1 heterocycles. The predicted molar refractivity (Wildman–Crippen MR) is 68.7 cm³/mol. The molecule has 17 heavy (non-hydrogen) atoms. The molecule has 2 nitrogen and oxygen atoms in total. The second kappa shape index (κ2) is 5.21. The highest BCUT2D eigenvalue weighted by molar-refractivity contribution is 9.10. The number of hydrogen-bond donors (Lipinski definition) is 1. The molecular formula is C12H10BrClFNO. The highest BCUT2D eigenvalue weighted by Gasteiger charge is 2.19. The van der Waals surface area contributed by atoms with Crippen LogP contribution in [0.2, 0.25) is 5.02 Å². The zero-order valence-corrected chi connectivity index (χ0v) is 11.3. The van der Waals surface area contributed by atoms with E-state index in [9.17, 15) is 4.39 Å². The largest absolute Gasteiger partial charge is 0.452 e. The van der Waals surface area contributed by atoms with Crippen LogP contribution in [0, 0.1) is 5.82 Å². The second-order valence-electron chi connectivity index (χ2n) is 3.53. The molecule has 5 heteroatoms. The van der Waals surface area contributed by atoms with Crippen molar-refractivity contribution in [2.75, 3.05) is 7.05 Å². The van der Waals surface area contributed by atoms with Gasteiger partial charge in [-0.2, -0.15) is 0 Å². The fourth-order valence-corrected chi connectivity index (χ4v) is 2.15. The Morgan fingerprint density at radius 1 is 1.35 bits per heavy atom. The van der Waals surface area contributed by atoms with Gasteiger partial charge in [0.05, 0.1) is 6.04 Å². The lowest BCUT2D eigenvalue weighted by Gasteiger charge is -2.15. The third-order valence-corrected chi connectivity index (χ3v) is 3.10. The van der Waals surface area contributed by atoms with Gasteiger partial charge in [-0.05, 0) is 47.2 Å². The number of furan rings is 1. The van der Waals surface area contributed by atoms with Crippen LogP contribution in [0.3, 0.4) is 0 Å². The third kappa shape index (κ3) is 2.70. The Morgan fingerprint density at radius 2 is 2.12 bits per heavy atom. The fourth-order valence-electron chi connectivity index (χ4n) is 1.67. The molecule has 0 spiro atoms. The summed E-state index contributed by atoms with van der Waals surface area (Å²) in [5, 5.41) is 3.39. The molecule has 1 aromatic carbocycles. The Hall–Kier alpha value is -0.840. The van der Waals surface area contributed by atoms with Gasteiger partial charge in [0.1, 0.15) is 11.6 Å². The van der Waals surface area contributed by atoms with Gasteiger partial charge in [-0.1, -0.05) is 17.7 Å². The van der Waals surface area contributed by atoms with Crippen LogP contribution in [0.15, 0.2) is 39.4 Å². The van der Waals surface area contributed by atoms with Gasteiger partial charge in [0.2, 0.25) is 0 Å².